The maximum Gasteiger partial charge on any atom is 0.418 e. The van der Waals surface area contributed by atoms with E-state index in [4.69, 9.17) is 14.5 Å². The molecule has 0 spiro atoms. The lowest BCUT2D eigenvalue weighted by Crippen LogP contribution is -2.54. The SMILES string of the molecule is Cc1cc(C)c(OC(=O)NC2=CC=NC(Nc3cccc(OCCCN4CCCCC4)c3)(c3ccccc3)N2Cc2cscn2)c(C)c1. The number of likely N-dealkylation sites (tertiary alicyclic amines) is 1. The second kappa shape index (κ2) is 15.5. The van der Waals surface area contributed by atoms with Crippen molar-refractivity contribution in [3.8, 4) is 11.5 Å². The fraction of sp³-hybridized carbons (Fsp3) is 0.342. The van der Waals surface area contributed by atoms with Gasteiger partial charge in [0.05, 0.1) is 24.4 Å². The molecule has 0 bridgehead atoms. The highest BCUT2D eigenvalue weighted by atomic mass is 32.1. The van der Waals surface area contributed by atoms with Gasteiger partial charge in [-0.2, -0.15) is 0 Å². The predicted molar refractivity (Wildman–Crippen MR) is 193 cm³/mol. The Morgan fingerprint density at radius 3 is 2.52 bits per heavy atom. The van der Waals surface area contributed by atoms with Crippen molar-refractivity contribution < 1.29 is 14.3 Å². The standard InChI is InChI=1S/C38H44N6O3S/c1-28-22-29(2)36(30(3)23-28)47-37(45)41-35-16-17-40-38(31-12-6-4-7-13-31,44(35)25-33-26-48-27-39-33)42-32-14-10-15-34(24-32)46-21-11-20-43-18-8-5-9-19-43/h4,6-7,10,12-17,22-24,26-27,42H,5,8-9,11,18-21,25H2,1-3H3,(H,41,45). The Morgan fingerprint density at radius 2 is 1.77 bits per heavy atom. The Balaban J connectivity index is 1.26. The van der Waals surface area contributed by atoms with Crippen LogP contribution in [0, 0.1) is 20.8 Å². The van der Waals surface area contributed by atoms with Gasteiger partial charge >= 0.3 is 6.09 Å². The highest BCUT2D eigenvalue weighted by Gasteiger charge is 2.42. The number of anilines is 1. The molecule has 1 saturated heterocycles. The van der Waals surface area contributed by atoms with Gasteiger partial charge in [-0.15, -0.1) is 11.3 Å². The minimum atomic E-state index is -1.13. The predicted octanol–water partition coefficient (Wildman–Crippen LogP) is 7.76. The highest BCUT2D eigenvalue weighted by Crippen LogP contribution is 2.38. The fourth-order valence-electron chi connectivity index (χ4n) is 6.49. The van der Waals surface area contributed by atoms with Crippen molar-refractivity contribution in [3.05, 3.63) is 117 Å². The molecule has 0 aliphatic carbocycles. The normalized spacial score (nSPS) is 17.9. The number of amides is 1. The number of aryl methyl sites for hydroxylation is 3. The maximum atomic E-state index is 13.5. The van der Waals surface area contributed by atoms with E-state index >= 15 is 0 Å². The number of hydrogen-bond acceptors (Lipinski definition) is 9. The summed E-state index contributed by atoms with van der Waals surface area (Å²) in [5.74, 6) is 0.723. The highest BCUT2D eigenvalue weighted by molar-refractivity contribution is 7.07. The molecule has 9 nitrogen and oxygen atoms in total. The average Bonchev–Trinajstić information content (AvgIpc) is 3.61. The molecule has 2 N–H and O–H groups in total. The van der Waals surface area contributed by atoms with Gasteiger partial charge in [0.2, 0.25) is 5.79 Å². The Labute approximate surface area is 287 Å². The molecule has 1 amide bonds. The topological polar surface area (TPSA) is 91.3 Å². The van der Waals surface area contributed by atoms with Crippen LogP contribution in [0.3, 0.4) is 0 Å². The number of benzene rings is 3. The summed E-state index contributed by atoms with van der Waals surface area (Å²) in [6.45, 7) is 10.4. The first-order valence-corrected chi connectivity index (χ1v) is 17.6. The molecule has 10 heteroatoms. The van der Waals surface area contributed by atoms with Crippen molar-refractivity contribution in [2.45, 2.75) is 58.8 Å². The molecule has 0 saturated carbocycles. The molecule has 1 unspecified atom stereocenters. The summed E-state index contributed by atoms with van der Waals surface area (Å²) < 4.78 is 12.1. The number of piperidine rings is 1. The van der Waals surface area contributed by atoms with E-state index in [1.54, 1.807) is 17.8 Å². The number of aromatic nitrogens is 1. The van der Waals surface area contributed by atoms with Crippen molar-refractivity contribution in [1.29, 1.82) is 0 Å². The van der Waals surface area contributed by atoms with Crippen LogP contribution in [0.1, 0.15) is 53.6 Å². The molecule has 2 aliphatic heterocycles. The van der Waals surface area contributed by atoms with Crippen molar-refractivity contribution in [2.24, 2.45) is 4.99 Å². The maximum absolute atomic E-state index is 13.5. The van der Waals surface area contributed by atoms with Crippen LogP contribution in [-0.4, -0.2) is 53.3 Å². The minimum Gasteiger partial charge on any atom is -0.493 e. The number of hydrogen-bond donors (Lipinski definition) is 2. The molecule has 48 heavy (non-hydrogen) atoms. The van der Waals surface area contributed by atoms with Gasteiger partial charge in [-0.3, -0.25) is 5.32 Å². The van der Waals surface area contributed by atoms with Gasteiger partial charge < -0.3 is 24.6 Å². The van der Waals surface area contributed by atoms with Crippen molar-refractivity contribution in [3.63, 3.8) is 0 Å². The zero-order valence-electron chi connectivity index (χ0n) is 27.9. The number of carbonyl (C=O) groups is 1. The monoisotopic (exact) mass is 664 g/mol. The summed E-state index contributed by atoms with van der Waals surface area (Å²) in [4.78, 5) is 27.7. The Morgan fingerprint density at radius 1 is 0.979 bits per heavy atom. The fourth-order valence-corrected chi connectivity index (χ4v) is 7.04. The van der Waals surface area contributed by atoms with E-state index in [-0.39, 0.29) is 0 Å². The minimum absolute atomic E-state index is 0.365. The molecule has 4 aromatic rings. The van der Waals surface area contributed by atoms with Gasteiger partial charge in [-0.25, -0.2) is 14.8 Å². The van der Waals surface area contributed by atoms with Crippen LogP contribution in [0.4, 0.5) is 10.5 Å². The van der Waals surface area contributed by atoms with Crippen LogP contribution in [0.2, 0.25) is 0 Å². The molecule has 1 aromatic heterocycles. The van der Waals surface area contributed by atoms with E-state index in [0.29, 0.717) is 24.7 Å². The zero-order valence-corrected chi connectivity index (χ0v) is 28.8. The first-order chi connectivity index (χ1) is 23.4. The largest absolute Gasteiger partial charge is 0.493 e. The van der Waals surface area contributed by atoms with Gasteiger partial charge in [0.1, 0.15) is 17.3 Å². The average molecular weight is 665 g/mol. The zero-order chi connectivity index (χ0) is 33.3. The summed E-state index contributed by atoms with van der Waals surface area (Å²) in [7, 11) is 0. The first kappa shape index (κ1) is 33.2. The number of aliphatic imine (C=N–C) groups is 1. The third-order valence-corrected chi connectivity index (χ3v) is 9.31. The summed E-state index contributed by atoms with van der Waals surface area (Å²) in [6.07, 6.45) is 7.82. The van der Waals surface area contributed by atoms with Crippen LogP contribution >= 0.6 is 11.3 Å². The number of carbonyl (C=O) groups excluding carboxylic acids is 1. The van der Waals surface area contributed by atoms with E-state index < -0.39 is 11.9 Å². The van der Waals surface area contributed by atoms with Crippen LogP contribution < -0.4 is 20.1 Å². The third kappa shape index (κ3) is 8.06. The van der Waals surface area contributed by atoms with Crippen LogP contribution in [-0.2, 0) is 12.3 Å². The van der Waals surface area contributed by atoms with Gasteiger partial charge in [0, 0.05) is 35.5 Å². The second-order valence-electron chi connectivity index (χ2n) is 12.4. The summed E-state index contributed by atoms with van der Waals surface area (Å²) >= 11 is 1.52. The summed E-state index contributed by atoms with van der Waals surface area (Å²) in [6, 6.07) is 22.0. The number of ether oxygens (including phenoxy) is 2. The number of thiazole rings is 1. The summed E-state index contributed by atoms with van der Waals surface area (Å²) in [5, 5.41) is 8.74. The molecule has 3 aromatic carbocycles. The number of allylic oxidation sites excluding steroid dienone is 1. The van der Waals surface area contributed by atoms with E-state index in [1.807, 2.05) is 97.8 Å². The van der Waals surface area contributed by atoms with Crippen LogP contribution in [0.5, 0.6) is 11.5 Å². The molecule has 3 heterocycles. The van der Waals surface area contributed by atoms with Crippen LogP contribution in [0.25, 0.3) is 0 Å². The lowest BCUT2D eigenvalue weighted by Gasteiger charge is -2.45. The molecule has 1 fully saturated rings. The van der Waals surface area contributed by atoms with Gasteiger partial charge in [0.15, 0.2) is 0 Å². The third-order valence-electron chi connectivity index (χ3n) is 8.67. The Hall–Kier alpha value is -4.67. The van der Waals surface area contributed by atoms with Crippen LogP contribution in [0.15, 0.2) is 94.5 Å². The quantitative estimate of drug-likeness (QED) is 0.150. The van der Waals surface area contributed by atoms with Crippen molar-refractivity contribution in [1.82, 2.24) is 20.1 Å². The smallest absolute Gasteiger partial charge is 0.418 e. The number of nitrogens with one attached hydrogen (secondary N) is 2. The molecule has 2 aliphatic rings. The van der Waals surface area contributed by atoms with Crippen molar-refractivity contribution in [2.75, 3.05) is 31.6 Å². The number of nitrogens with zero attached hydrogens (tertiary/aromatic N) is 4. The molecule has 1 atom stereocenters. The summed E-state index contributed by atoms with van der Waals surface area (Å²) in [5.41, 5.74) is 7.27. The lowest BCUT2D eigenvalue weighted by molar-refractivity contribution is 0.135. The Kier molecular flexibility index (Phi) is 10.7. The lowest BCUT2D eigenvalue weighted by atomic mass is 10.0. The number of rotatable bonds is 12. The first-order valence-electron chi connectivity index (χ1n) is 16.7. The van der Waals surface area contributed by atoms with E-state index in [2.05, 4.69) is 20.5 Å². The molecular weight excluding hydrogens is 621 g/mol. The van der Waals surface area contributed by atoms with Gasteiger partial charge in [-0.05, 0) is 82.5 Å². The van der Waals surface area contributed by atoms with Crippen molar-refractivity contribution >= 4 is 29.3 Å². The molecule has 250 valence electrons. The van der Waals surface area contributed by atoms with E-state index in [1.165, 1.54) is 43.7 Å². The molecule has 6 rings (SSSR count). The van der Waals surface area contributed by atoms with Gasteiger partial charge in [-0.1, -0.05) is 60.5 Å². The Bertz CT molecular complexity index is 1710. The second-order valence-corrected chi connectivity index (χ2v) is 13.2. The van der Waals surface area contributed by atoms with E-state index in [0.717, 1.165) is 52.4 Å². The van der Waals surface area contributed by atoms with E-state index in [9.17, 15) is 4.79 Å². The molecule has 0 radical (unpaired) electrons. The van der Waals surface area contributed by atoms with Gasteiger partial charge in [0.25, 0.3) is 0 Å². The molecular formula is C38H44N6O3S.